The van der Waals surface area contributed by atoms with Crippen molar-refractivity contribution in [2.75, 3.05) is 20.3 Å². The van der Waals surface area contributed by atoms with Crippen molar-refractivity contribution in [3.8, 4) is 11.5 Å². The van der Waals surface area contributed by atoms with Crippen LogP contribution in [0.5, 0.6) is 11.5 Å². The summed E-state index contributed by atoms with van der Waals surface area (Å²) in [4.78, 5) is 11.9. The van der Waals surface area contributed by atoms with Gasteiger partial charge in [-0.15, -0.1) is 0 Å². The molecule has 0 radical (unpaired) electrons. The SMILES string of the molecule is COc1ccccc1OCc1cc(C(=O)NC(CO)CO)n[nH]1. The van der Waals surface area contributed by atoms with E-state index in [-0.39, 0.29) is 25.5 Å². The third-order valence-corrected chi connectivity index (χ3v) is 3.09. The third-order valence-electron chi connectivity index (χ3n) is 3.09. The van der Waals surface area contributed by atoms with Crippen LogP contribution in [0.15, 0.2) is 30.3 Å². The molecule has 8 heteroatoms. The summed E-state index contributed by atoms with van der Waals surface area (Å²) in [5, 5.41) is 26.9. The van der Waals surface area contributed by atoms with Crippen LogP contribution in [0.25, 0.3) is 0 Å². The summed E-state index contributed by atoms with van der Waals surface area (Å²) in [6, 6.07) is 8.04. The van der Waals surface area contributed by atoms with E-state index in [0.29, 0.717) is 17.2 Å². The first-order valence-electron chi connectivity index (χ1n) is 7.00. The number of ether oxygens (including phenoxy) is 2. The molecule has 0 spiro atoms. The highest BCUT2D eigenvalue weighted by atomic mass is 16.5. The van der Waals surface area contributed by atoms with Gasteiger partial charge in [-0.2, -0.15) is 5.10 Å². The zero-order valence-corrected chi connectivity index (χ0v) is 12.7. The number of nitrogens with zero attached hydrogens (tertiary/aromatic N) is 1. The van der Waals surface area contributed by atoms with Crippen LogP contribution in [-0.4, -0.2) is 52.7 Å². The summed E-state index contributed by atoms with van der Waals surface area (Å²) in [5.74, 6) is 0.702. The van der Waals surface area contributed by atoms with Gasteiger partial charge >= 0.3 is 0 Å². The Morgan fingerprint density at radius 1 is 1.30 bits per heavy atom. The number of aromatic amines is 1. The molecule has 0 aliphatic heterocycles. The van der Waals surface area contributed by atoms with Gasteiger partial charge in [0.1, 0.15) is 12.3 Å². The van der Waals surface area contributed by atoms with Crippen molar-refractivity contribution in [3.05, 3.63) is 41.7 Å². The number of carbonyl (C=O) groups is 1. The Bertz CT molecular complexity index is 640. The van der Waals surface area contributed by atoms with Gasteiger partial charge in [0, 0.05) is 0 Å². The first-order valence-corrected chi connectivity index (χ1v) is 7.00. The molecule has 2 rings (SSSR count). The van der Waals surface area contributed by atoms with Crippen molar-refractivity contribution in [1.29, 1.82) is 0 Å². The normalized spacial score (nSPS) is 10.6. The summed E-state index contributed by atoms with van der Waals surface area (Å²) in [6.45, 7) is -0.517. The Labute approximate surface area is 133 Å². The van der Waals surface area contributed by atoms with Gasteiger partial charge in [0.25, 0.3) is 5.91 Å². The number of nitrogens with one attached hydrogen (secondary N) is 2. The van der Waals surface area contributed by atoms with Crippen LogP contribution in [0.3, 0.4) is 0 Å². The lowest BCUT2D eigenvalue weighted by Gasteiger charge is -2.11. The van der Waals surface area contributed by atoms with Crippen molar-refractivity contribution in [3.63, 3.8) is 0 Å². The summed E-state index contributed by atoms with van der Waals surface area (Å²) in [6.07, 6.45) is 0. The Kier molecular flexibility index (Phi) is 5.95. The van der Waals surface area contributed by atoms with Gasteiger partial charge in [0.2, 0.25) is 0 Å². The molecule has 0 saturated carbocycles. The molecule has 23 heavy (non-hydrogen) atoms. The average molecular weight is 321 g/mol. The van der Waals surface area contributed by atoms with E-state index < -0.39 is 11.9 Å². The molecule has 0 atom stereocenters. The number of benzene rings is 1. The molecule has 0 aliphatic rings. The van der Waals surface area contributed by atoms with E-state index in [1.807, 2.05) is 12.1 Å². The number of methoxy groups -OCH3 is 1. The van der Waals surface area contributed by atoms with E-state index in [1.54, 1.807) is 19.2 Å². The van der Waals surface area contributed by atoms with Crippen molar-refractivity contribution < 1.29 is 24.5 Å². The van der Waals surface area contributed by atoms with E-state index in [4.69, 9.17) is 19.7 Å². The lowest BCUT2D eigenvalue weighted by Crippen LogP contribution is -2.40. The van der Waals surface area contributed by atoms with E-state index in [0.717, 1.165) is 0 Å². The molecule has 4 N–H and O–H groups in total. The van der Waals surface area contributed by atoms with E-state index in [9.17, 15) is 4.79 Å². The number of hydrogen-bond donors (Lipinski definition) is 4. The summed E-state index contributed by atoms with van der Waals surface area (Å²) in [7, 11) is 1.56. The van der Waals surface area contributed by atoms with Crippen LogP contribution in [0.4, 0.5) is 0 Å². The van der Waals surface area contributed by atoms with Crippen LogP contribution in [0, 0.1) is 0 Å². The summed E-state index contributed by atoms with van der Waals surface area (Å²) in [5.41, 5.74) is 0.751. The molecule has 8 nitrogen and oxygen atoms in total. The predicted octanol–water partition coefficient (Wildman–Crippen LogP) is 0.0803. The average Bonchev–Trinajstić information content (AvgIpc) is 3.07. The smallest absolute Gasteiger partial charge is 0.272 e. The molecule has 124 valence electrons. The van der Waals surface area contributed by atoms with Crippen molar-refractivity contribution in [1.82, 2.24) is 15.5 Å². The quantitative estimate of drug-likeness (QED) is 0.547. The van der Waals surface area contributed by atoms with Gasteiger partial charge in [0.05, 0.1) is 32.1 Å². The monoisotopic (exact) mass is 321 g/mol. The first kappa shape index (κ1) is 16.8. The molecule has 1 aromatic heterocycles. The maximum atomic E-state index is 11.9. The topological polar surface area (TPSA) is 117 Å². The van der Waals surface area contributed by atoms with Crippen LogP contribution in [0.1, 0.15) is 16.2 Å². The second kappa shape index (κ2) is 8.16. The van der Waals surface area contributed by atoms with Crippen molar-refractivity contribution in [2.24, 2.45) is 0 Å². The van der Waals surface area contributed by atoms with Crippen LogP contribution >= 0.6 is 0 Å². The number of H-pyrrole nitrogens is 1. The Morgan fingerprint density at radius 3 is 2.65 bits per heavy atom. The highest BCUT2D eigenvalue weighted by Crippen LogP contribution is 2.26. The first-order chi connectivity index (χ1) is 11.2. The molecular formula is C15H19N3O5. The second-order valence-electron chi connectivity index (χ2n) is 4.75. The minimum Gasteiger partial charge on any atom is -0.493 e. The summed E-state index contributed by atoms with van der Waals surface area (Å²) < 4.78 is 10.8. The molecule has 0 aliphatic carbocycles. The van der Waals surface area contributed by atoms with E-state index >= 15 is 0 Å². The Balaban J connectivity index is 1.95. The van der Waals surface area contributed by atoms with Crippen molar-refractivity contribution >= 4 is 5.91 Å². The highest BCUT2D eigenvalue weighted by Gasteiger charge is 2.15. The number of aliphatic hydroxyl groups excluding tert-OH is 2. The van der Waals surface area contributed by atoms with Gasteiger partial charge < -0.3 is 25.0 Å². The number of aromatic nitrogens is 2. The lowest BCUT2D eigenvalue weighted by atomic mass is 10.3. The minimum absolute atomic E-state index is 0.149. The van der Waals surface area contributed by atoms with Crippen molar-refractivity contribution in [2.45, 2.75) is 12.6 Å². The number of rotatable bonds is 8. The third kappa shape index (κ3) is 4.44. The fraction of sp³-hybridized carbons (Fsp3) is 0.333. The Hall–Kier alpha value is -2.58. The highest BCUT2D eigenvalue weighted by molar-refractivity contribution is 5.92. The van der Waals surface area contributed by atoms with Crippen LogP contribution in [0.2, 0.25) is 0 Å². The predicted molar refractivity (Wildman–Crippen MR) is 81.3 cm³/mol. The van der Waals surface area contributed by atoms with Gasteiger partial charge in [-0.05, 0) is 18.2 Å². The van der Waals surface area contributed by atoms with Gasteiger partial charge in [-0.25, -0.2) is 0 Å². The largest absolute Gasteiger partial charge is 0.493 e. The maximum absolute atomic E-state index is 11.9. The minimum atomic E-state index is -0.715. The molecule has 0 bridgehead atoms. The molecular weight excluding hydrogens is 302 g/mol. The molecule has 0 fully saturated rings. The van der Waals surface area contributed by atoms with Gasteiger partial charge in [-0.3, -0.25) is 9.89 Å². The number of carbonyl (C=O) groups excluding carboxylic acids is 1. The van der Waals surface area contributed by atoms with Crippen LogP contribution < -0.4 is 14.8 Å². The molecule has 0 unspecified atom stereocenters. The number of amides is 1. The number of hydrogen-bond acceptors (Lipinski definition) is 6. The standard InChI is InChI=1S/C15H19N3O5/c1-22-13-4-2-3-5-14(13)23-9-10-6-12(18-17-10)15(21)16-11(7-19)8-20/h2-6,11,19-20H,7-9H2,1H3,(H,16,21)(H,17,18). The maximum Gasteiger partial charge on any atom is 0.272 e. The fourth-order valence-electron chi connectivity index (χ4n) is 1.85. The summed E-state index contributed by atoms with van der Waals surface area (Å²) >= 11 is 0. The fourth-order valence-corrected chi connectivity index (χ4v) is 1.85. The zero-order chi connectivity index (χ0) is 16.7. The lowest BCUT2D eigenvalue weighted by molar-refractivity contribution is 0.0874. The zero-order valence-electron chi connectivity index (χ0n) is 12.7. The molecule has 2 aromatic rings. The van der Waals surface area contributed by atoms with Crippen LogP contribution in [-0.2, 0) is 6.61 Å². The molecule has 0 saturated heterocycles. The Morgan fingerprint density at radius 2 is 2.00 bits per heavy atom. The molecule has 1 aromatic carbocycles. The second-order valence-corrected chi connectivity index (χ2v) is 4.75. The molecule has 1 amide bonds. The van der Waals surface area contributed by atoms with E-state index in [1.165, 1.54) is 6.07 Å². The van der Waals surface area contributed by atoms with E-state index in [2.05, 4.69) is 15.5 Å². The number of para-hydroxylation sites is 2. The number of aliphatic hydroxyl groups is 2. The molecule has 1 heterocycles. The van der Waals surface area contributed by atoms with Gasteiger partial charge in [0.15, 0.2) is 11.5 Å². The van der Waals surface area contributed by atoms with Gasteiger partial charge in [-0.1, -0.05) is 12.1 Å².